The molecule has 0 aliphatic carbocycles. The minimum absolute atomic E-state index is 0. The van der Waals surface area contributed by atoms with Gasteiger partial charge in [0.25, 0.3) is 0 Å². The van der Waals surface area contributed by atoms with Gasteiger partial charge in [-0.05, 0) is 31.1 Å². The molecule has 1 rings (SSSR count). The van der Waals surface area contributed by atoms with Crippen LogP contribution in [-0.4, -0.2) is 28.8 Å². The Labute approximate surface area is 154 Å². The quantitative estimate of drug-likeness (QED) is 0.273. The van der Waals surface area contributed by atoms with Gasteiger partial charge in [-0.2, -0.15) is 20.4 Å². The van der Waals surface area contributed by atoms with Crippen molar-refractivity contribution in [3.8, 4) is 0 Å². The Morgan fingerprint density at radius 3 is 1.86 bits per heavy atom. The summed E-state index contributed by atoms with van der Waals surface area (Å²) in [7, 11) is 1.68. The van der Waals surface area contributed by atoms with Gasteiger partial charge in [0.1, 0.15) is 0 Å². The molecule has 0 unspecified atom stereocenters. The number of nitrogens with zero attached hydrogens (tertiary/aromatic N) is 4. The monoisotopic (exact) mass is 384 g/mol. The normalized spacial score (nSPS) is 13.4. The zero-order valence-corrected chi connectivity index (χ0v) is 17.3. The van der Waals surface area contributed by atoms with Crippen molar-refractivity contribution in [1.29, 1.82) is 0 Å². The van der Waals surface area contributed by atoms with Crippen LogP contribution in [0, 0.1) is 0 Å². The standard InChI is InChI=1S/C13H18N6S2.Zn/c1-9(16-18-12(20)14-3)10(2)17-19-13(21)15-11-7-5-4-6-8-11;/h4-8H,1-3H3,(H2,14,18,20)(H2,15,19,21);/q;+2/p-2. The fourth-order valence-corrected chi connectivity index (χ4v) is 1.31. The summed E-state index contributed by atoms with van der Waals surface area (Å²) in [5, 5.41) is 21.9. The van der Waals surface area contributed by atoms with E-state index in [0.29, 0.717) is 16.6 Å². The number of hydrogen-bond donors (Lipinski definition) is 2. The maximum Gasteiger partial charge on any atom is 2.00 e. The van der Waals surface area contributed by atoms with Gasteiger partial charge in [-0.3, -0.25) is 0 Å². The van der Waals surface area contributed by atoms with E-state index in [-0.39, 0.29) is 24.6 Å². The summed E-state index contributed by atoms with van der Waals surface area (Å²) in [6.45, 7) is 3.54. The summed E-state index contributed by atoms with van der Waals surface area (Å²) >= 11 is 9.95. The molecule has 0 radical (unpaired) electrons. The number of rotatable bonds is 4. The number of hydrogen-bond acceptors (Lipinski definition) is 6. The summed E-state index contributed by atoms with van der Waals surface area (Å²) in [4.78, 5) is 0. The molecule has 2 N–H and O–H groups in total. The Kier molecular flexibility index (Phi) is 10.4. The van der Waals surface area contributed by atoms with E-state index in [4.69, 9.17) is 25.3 Å². The molecule has 9 heteroatoms. The molecule has 1 aromatic rings. The van der Waals surface area contributed by atoms with Crippen molar-refractivity contribution in [3.63, 3.8) is 0 Å². The zero-order chi connectivity index (χ0) is 15.7. The van der Waals surface area contributed by atoms with E-state index >= 15 is 0 Å². The molecule has 0 saturated heterocycles. The van der Waals surface area contributed by atoms with Gasteiger partial charge in [-0.1, -0.05) is 18.2 Å². The molecule has 0 bridgehead atoms. The smallest absolute Gasteiger partial charge is 0.741 e. The molecule has 0 atom stereocenters. The van der Waals surface area contributed by atoms with Crippen LogP contribution in [0.15, 0.2) is 50.7 Å². The molecule has 0 amide bonds. The fraction of sp³-hybridized carbons (Fsp3) is 0.231. The van der Waals surface area contributed by atoms with Crippen LogP contribution in [-0.2, 0) is 44.7 Å². The Morgan fingerprint density at radius 2 is 1.36 bits per heavy atom. The van der Waals surface area contributed by atoms with E-state index in [2.05, 4.69) is 31.0 Å². The van der Waals surface area contributed by atoms with Crippen molar-refractivity contribution in [2.75, 3.05) is 12.4 Å². The Hall–Kier alpha value is -1.44. The van der Waals surface area contributed by atoms with Gasteiger partial charge < -0.3 is 35.9 Å². The number of benzene rings is 1. The second-order valence-electron chi connectivity index (χ2n) is 3.92. The van der Waals surface area contributed by atoms with E-state index in [0.717, 1.165) is 5.69 Å². The van der Waals surface area contributed by atoms with Crippen LogP contribution in [0.3, 0.4) is 0 Å². The van der Waals surface area contributed by atoms with Crippen LogP contribution in [0.2, 0.25) is 0 Å². The summed E-state index contributed by atoms with van der Waals surface area (Å²) in [5.41, 5.74) is 2.08. The first-order chi connectivity index (χ1) is 10.0. The maximum absolute atomic E-state index is 5.09. The SMILES string of the molecule is CNC([S-])=NN=C(C)C(C)=NN=C([S-])Nc1ccccc1.[Zn+2]. The van der Waals surface area contributed by atoms with Crippen LogP contribution in [0.25, 0.3) is 0 Å². The van der Waals surface area contributed by atoms with Crippen LogP contribution in [0.1, 0.15) is 13.8 Å². The predicted molar refractivity (Wildman–Crippen MR) is 94.9 cm³/mol. The molecule has 0 aromatic heterocycles. The first kappa shape index (κ1) is 20.6. The third kappa shape index (κ3) is 8.12. The largest absolute Gasteiger partial charge is 2.00 e. The van der Waals surface area contributed by atoms with E-state index < -0.39 is 0 Å². The van der Waals surface area contributed by atoms with Gasteiger partial charge in [-0.15, -0.1) is 0 Å². The Bertz CT molecular complexity index is 583. The van der Waals surface area contributed by atoms with Gasteiger partial charge >= 0.3 is 19.5 Å². The molecule has 1 aromatic carbocycles. The van der Waals surface area contributed by atoms with Crippen LogP contribution < -0.4 is 10.6 Å². The summed E-state index contributed by atoms with van der Waals surface area (Å²) in [6, 6.07) is 9.52. The summed E-state index contributed by atoms with van der Waals surface area (Å²) in [5.74, 6) is 0. The van der Waals surface area contributed by atoms with Gasteiger partial charge in [0.05, 0.1) is 11.4 Å². The molecule has 112 valence electrons. The van der Waals surface area contributed by atoms with E-state index in [1.165, 1.54) is 0 Å². The average molecular weight is 386 g/mol. The fourth-order valence-electron chi connectivity index (χ4n) is 1.11. The van der Waals surface area contributed by atoms with Crippen molar-refractivity contribution < 1.29 is 19.5 Å². The van der Waals surface area contributed by atoms with Crippen molar-refractivity contribution in [2.24, 2.45) is 20.4 Å². The predicted octanol–water partition coefficient (Wildman–Crippen LogP) is 1.87. The zero-order valence-electron chi connectivity index (χ0n) is 12.7. The molecular formula is C13H16N6S2Zn. The molecule has 0 aliphatic heterocycles. The Balaban J connectivity index is 0.00000441. The van der Waals surface area contributed by atoms with Gasteiger partial charge in [0, 0.05) is 17.9 Å². The van der Waals surface area contributed by atoms with Crippen molar-refractivity contribution in [1.82, 2.24) is 5.32 Å². The van der Waals surface area contributed by atoms with Crippen molar-refractivity contribution in [3.05, 3.63) is 30.3 Å². The minimum Gasteiger partial charge on any atom is -0.741 e. The first-order valence-electron chi connectivity index (χ1n) is 6.11. The van der Waals surface area contributed by atoms with E-state index in [1.54, 1.807) is 20.9 Å². The summed E-state index contributed by atoms with van der Waals surface area (Å²) < 4.78 is 0. The Morgan fingerprint density at radius 1 is 0.864 bits per heavy atom. The van der Waals surface area contributed by atoms with Crippen molar-refractivity contribution >= 4 is 52.7 Å². The average Bonchev–Trinajstić information content (AvgIpc) is 2.50. The molecule has 6 nitrogen and oxygen atoms in total. The van der Waals surface area contributed by atoms with Gasteiger partial charge in [-0.25, -0.2) is 0 Å². The molecular weight excluding hydrogens is 370 g/mol. The number of nitrogens with one attached hydrogen (secondary N) is 2. The molecule has 0 saturated carbocycles. The van der Waals surface area contributed by atoms with Crippen LogP contribution in [0.4, 0.5) is 5.69 Å². The van der Waals surface area contributed by atoms with E-state index in [1.807, 2.05) is 30.3 Å². The van der Waals surface area contributed by atoms with Crippen LogP contribution >= 0.6 is 0 Å². The van der Waals surface area contributed by atoms with Gasteiger partial charge in [0.15, 0.2) is 0 Å². The number of para-hydroxylation sites is 1. The first-order valence-corrected chi connectivity index (χ1v) is 6.93. The third-order valence-corrected chi connectivity index (χ3v) is 2.81. The van der Waals surface area contributed by atoms with E-state index in [9.17, 15) is 0 Å². The van der Waals surface area contributed by atoms with Gasteiger partial charge in [0.2, 0.25) is 0 Å². The van der Waals surface area contributed by atoms with Crippen molar-refractivity contribution in [2.45, 2.75) is 13.8 Å². The maximum atomic E-state index is 5.09. The molecule has 0 fully saturated rings. The topological polar surface area (TPSA) is 73.5 Å². The number of anilines is 1. The second-order valence-corrected chi connectivity index (χ2v) is 4.70. The van der Waals surface area contributed by atoms with Crippen LogP contribution in [0.5, 0.6) is 0 Å². The molecule has 0 heterocycles. The number of amidine groups is 2. The third-order valence-electron chi connectivity index (χ3n) is 2.34. The summed E-state index contributed by atoms with van der Waals surface area (Å²) in [6.07, 6.45) is 0. The molecule has 0 aliphatic rings. The minimum atomic E-state index is 0. The second kappa shape index (κ2) is 11.2. The molecule has 22 heavy (non-hydrogen) atoms. The molecule has 0 spiro atoms.